The first-order chi connectivity index (χ1) is 30.3. The third-order valence-corrected chi connectivity index (χ3v) is 14.6. The Kier molecular flexibility index (Phi) is 6.01. The molecule has 0 aliphatic carbocycles. The van der Waals surface area contributed by atoms with E-state index < -0.39 is 0 Å². The number of benzene rings is 10. The maximum atomic E-state index is 6.75. The lowest BCUT2D eigenvalue weighted by molar-refractivity contribution is 0.666. The lowest BCUT2D eigenvalue weighted by atomic mass is 9.95. The highest BCUT2D eigenvalue weighted by atomic mass is 32.1. The molecule has 0 bridgehead atoms. The first-order valence-corrected chi connectivity index (χ1v) is 21.6. The van der Waals surface area contributed by atoms with Gasteiger partial charge in [-0.25, -0.2) is 0 Å². The van der Waals surface area contributed by atoms with Gasteiger partial charge in [-0.2, -0.15) is 0 Å². The number of hydrogen-bond donors (Lipinski definition) is 0. The van der Waals surface area contributed by atoms with E-state index in [1.165, 1.54) is 63.3 Å². The quantitative estimate of drug-likeness (QED) is 0.129. The number of nitrogens with zero attached hydrogens (tertiary/aromatic N) is 2. The molecule has 5 aromatic heterocycles. The van der Waals surface area contributed by atoms with E-state index in [0.29, 0.717) is 0 Å². The van der Waals surface area contributed by atoms with Crippen molar-refractivity contribution in [1.29, 1.82) is 0 Å². The van der Waals surface area contributed by atoms with Crippen LogP contribution in [0.3, 0.4) is 0 Å². The largest absolute Gasteiger partial charge is 0.454 e. The van der Waals surface area contributed by atoms with Gasteiger partial charge in [-0.3, -0.25) is 0 Å². The molecule has 15 rings (SSSR count). The number of fused-ring (bicyclic) bond motifs is 15. The Morgan fingerprint density at radius 1 is 0.295 bits per heavy atom. The van der Waals surface area contributed by atoms with Gasteiger partial charge in [-0.1, -0.05) is 133 Å². The molecular weight excluding hydrogens is 765 g/mol. The van der Waals surface area contributed by atoms with Gasteiger partial charge in [0.15, 0.2) is 11.2 Å². The second-order valence-electron chi connectivity index (χ2n) is 16.3. The van der Waals surface area contributed by atoms with Crippen LogP contribution in [0.4, 0.5) is 0 Å². The van der Waals surface area contributed by atoms with Crippen LogP contribution in [0.1, 0.15) is 0 Å². The molecule has 282 valence electrons. The number of hydrogen-bond acceptors (Lipinski definition) is 3. The molecule has 0 saturated carbocycles. The van der Waals surface area contributed by atoms with Crippen LogP contribution in [-0.2, 0) is 0 Å². The lowest BCUT2D eigenvalue weighted by Gasteiger charge is -2.20. The second kappa shape index (κ2) is 11.4. The number of pyridine rings is 2. The standard InChI is InChI=1S/C56H30N2O2S/c1-5-23-43-31(13-1)35-17-9-21-39-51(35)47(57(43)45-25-11-19-37-33-15-3-7-27-49(33)59-53(37)45)29-41-42-30-48-52-36(18-10-22-40(52)56(42)61-55(39)41)32-14-2-6-24-44(32)58(48)46-26-12-20-38-34-16-4-8-28-50(34)60-54(38)46/h1-30H. The van der Waals surface area contributed by atoms with Crippen molar-refractivity contribution in [2.24, 2.45) is 0 Å². The number of rotatable bonds is 2. The number of aromatic nitrogens is 2. The summed E-state index contributed by atoms with van der Waals surface area (Å²) in [7, 11) is 0. The van der Waals surface area contributed by atoms with Crippen LogP contribution in [0.15, 0.2) is 191 Å². The summed E-state index contributed by atoms with van der Waals surface area (Å²) in [4.78, 5) is 0. The minimum atomic E-state index is 0.887. The van der Waals surface area contributed by atoms with Gasteiger partial charge in [0.2, 0.25) is 0 Å². The summed E-state index contributed by atoms with van der Waals surface area (Å²) in [5.74, 6) is 0. The van der Waals surface area contributed by atoms with Gasteiger partial charge in [0.05, 0.1) is 33.4 Å². The Hall–Kier alpha value is -7.86. The zero-order valence-corrected chi connectivity index (χ0v) is 33.3. The van der Waals surface area contributed by atoms with E-state index >= 15 is 0 Å². The predicted molar refractivity (Wildman–Crippen MR) is 258 cm³/mol. The minimum absolute atomic E-state index is 0.887. The maximum Gasteiger partial charge on any atom is 0.159 e. The van der Waals surface area contributed by atoms with E-state index in [4.69, 9.17) is 8.83 Å². The third-order valence-electron chi connectivity index (χ3n) is 13.3. The molecule has 4 nitrogen and oxygen atoms in total. The minimum Gasteiger partial charge on any atom is -0.454 e. The van der Waals surface area contributed by atoms with Gasteiger partial charge in [-0.15, -0.1) is 11.3 Å². The number of furan rings is 2. The zero-order valence-electron chi connectivity index (χ0n) is 32.4. The molecule has 0 unspecified atom stereocenters. The summed E-state index contributed by atoms with van der Waals surface area (Å²) >= 11 is 1.92. The van der Waals surface area contributed by atoms with Gasteiger partial charge in [-0.05, 0) is 59.3 Å². The van der Waals surface area contributed by atoms with Crippen LogP contribution in [0, 0.1) is 0 Å². The molecule has 0 atom stereocenters. The molecule has 0 aliphatic heterocycles. The number of thiophene rings is 1. The molecule has 10 aromatic carbocycles. The molecule has 0 spiro atoms. The summed E-state index contributed by atoms with van der Waals surface area (Å²) in [5.41, 5.74) is 10.2. The van der Waals surface area contributed by atoms with Crippen LogP contribution in [0.2, 0.25) is 0 Å². The van der Waals surface area contributed by atoms with Crippen molar-refractivity contribution < 1.29 is 8.83 Å². The monoisotopic (exact) mass is 794 g/mol. The highest BCUT2D eigenvalue weighted by Crippen LogP contribution is 2.50. The van der Waals surface area contributed by atoms with Crippen molar-refractivity contribution in [3.63, 3.8) is 0 Å². The van der Waals surface area contributed by atoms with Crippen molar-refractivity contribution in [1.82, 2.24) is 9.13 Å². The van der Waals surface area contributed by atoms with E-state index in [0.717, 1.165) is 77.3 Å². The average Bonchev–Trinajstić information content (AvgIpc) is 4.02. The van der Waals surface area contributed by atoms with Crippen LogP contribution in [0.25, 0.3) is 141 Å². The molecule has 0 amide bonds. The smallest absolute Gasteiger partial charge is 0.159 e. The summed E-state index contributed by atoms with van der Waals surface area (Å²) in [6.07, 6.45) is 0. The van der Waals surface area contributed by atoms with Gasteiger partial charge < -0.3 is 18.0 Å². The molecule has 61 heavy (non-hydrogen) atoms. The Bertz CT molecular complexity index is 4140. The van der Waals surface area contributed by atoms with E-state index in [9.17, 15) is 0 Å². The van der Waals surface area contributed by atoms with Crippen LogP contribution < -0.4 is 0 Å². The van der Waals surface area contributed by atoms with E-state index in [-0.39, 0.29) is 0 Å². The van der Waals surface area contributed by atoms with Crippen LogP contribution in [-0.4, -0.2) is 9.13 Å². The normalized spacial score (nSPS) is 12.6. The summed E-state index contributed by atoms with van der Waals surface area (Å²) < 4.78 is 21.0. The van der Waals surface area contributed by atoms with Crippen molar-refractivity contribution >= 4 is 141 Å². The van der Waals surface area contributed by atoms with Crippen molar-refractivity contribution in [2.45, 2.75) is 0 Å². The topological polar surface area (TPSA) is 36.1 Å². The summed E-state index contributed by atoms with van der Waals surface area (Å²) in [6, 6.07) is 66.1. The van der Waals surface area contributed by atoms with Gasteiger partial charge in [0, 0.05) is 74.0 Å². The van der Waals surface area contributed by atoms with Gasteiger partial charge >= 0.3 is 0 Å². The first-order valence-electron chi connectivity index (χ1n) is 20.8. The van der Waals surface area contributed by atoms with Gasteiger partial charge in [0.1, 0.15) is 11.2 Å². The molecular formula is C56H30N2O2S. The maximum absolute atomic E-state index is 6.75. The van der Waals surface area contributed by atoms with E-state index in [1.54, 1.807) is 0 Å². The highest BCUT2D eigenvalue weighted by Gasteiger charge is 2.24. The average molecular weight is 795 g/mol. The molecule has 0 saturated heterocycles. The molecule has 5 heteroatoms. The highest BCUT2D eigenvalue weighted by molar-refractivity contribution is 7.27. The van der Waals surface area contributed by atoms with E-state index in [2.05, 4.69) is 179 Å². The molecule has 0 aliphatic rings. The summed E-state index contributed by atoms with van der Waals surface area (Å²) in [6.45, 7) is 0. The van der Waals surface area contributed by atoms with Crippen molar-refractivity contribution in [3.8, 4) is 11.4 Å². The third kappa shape index (κ3) is 4.04. The molecule has 15 aromatic rings. The Morgan fingerprint density at radius 3 is 1.16 bits per heavy atom. The Balaban J connectivity index is 1.15. The van der Waals surface area contributed by atoms with Crippen molar-refractivity contribution in [2.75, 3.05) is 0 Å². The van der Waals surface area contributed by atoms with Crippen molar-refractivity contribution in [3.05, 3.63) is 182 Å². The van der Waals surface area contributed by atoms with Crippen LogP contribution >= 0.6 is 11.3 Å². The fourth-order valence-electron chi connectivity index (χ4n) is 10.8. The van der Waals surface area contributed by atoms with E-state index in [1.807, 2.05) is 23.5 Å². The molecule has 0 fully saturated rings. The van der Waals surface area contributed by atoms with Gasteiger partial charge in [0.25, 0.3) is 0 Å². The fourth-order valence-corrected chi connectivity index (χ4v) is 12.1. The Labute approximate surface area is 350 Å². The molecule has 0 radical (unpaired) electrons. The SMILES string of the molecule is c1ccc2c(c1)oc1c(-n3c4ccccc4c4cccc5c6sc7c(cc8c9c(cccc79)c7ccccc7n8-c7cccc8c7oc7ccccc78)c6cc3c45)cccc12. The lowest BCUT2D eigenvalue weighted by Crippen LogP contribution is -2.02. The first kappa shape index (κ1) is 32.0. The summed E-state index contributed by atoms with van der Waals surface area (Å²) in [5, 5.41) is 16.9. The fraction of sp³-hybridized carbons (Fsp3) is 0. The number of para-hydroxylation sites is 6. The second-order valence-corrected chi connectivity index (χ2v) is 17.3. The Morgan fingerprint density at radius 2 is 0.672 bits per heavy atom. The zero-order chi connectivity index (χ0) is 39.5. The predicted octanol–water partition coefficient (Wildman–Crippen LogP) is 16.4. The molecule has 5 heterocycles. The van der Waals surface area contributed by atoms with Crippen LogP contribution in [0.5, 0.6) is 0 Å². The molecule has 0 N–H and O–H groups in total.